The van der Waals surface area contributed by atoms with Crippen LogP contribution >= 0.6 is 0 Å². The molecule has 2 heterocycles. The quantitative estimate of drug-likeness (QED) is 0.404. The molecule has 6 nitrogen and oxygen atoms in total. The lowest BCUT2D eigenvalue weighted by Gasteiger charge is -2.26. The number of nitrogens with one attached hydrogen (secondary N) is 3. The largest absolute Gasteiger partial charge is 0.379 e. The van der Waals surface area contributed by atoms with E-state index in [1.165, 1.54) is 17.2 Å². The number of nitrogens with zero attached hydrogens (tertiary/aromatic N) is 2. The Morgan fingerprint density at radius 1 is 1.13 bits per heavy atom. The van der Waals surface area contributed by atoms with Crippen molar-refractivity contribution in [3.8, 4) is 0 Å². The summed E-state index contributed by atoms with van der Waals surface area (Å²) in [6.07, 6.45) is 2.72. The summed E-state index contributed by atoms with van der Waals surface area (Å²) in [4.78, 5) is 9.94. The molecule has 4 rings (SSSR count). The van der Waals surface area contributed by atoms with Crippen LogP contribution in [0.1, 0.15) is 16.7 Å². The fourth-order valence-corrected chi connectivity index (χ4v) is 3.93. The Kier molecular flexibility index (Phi) is 7.17. The zero-order chi connectivity index (χ0) is 21.5. The first-order valence-electron chi connectivity index (χ1n) is 10.8. The molecule has 31 heavy (non-hydrogen) atoms. The molecule has 2 aromatic carbocycles. The van der Waals surface area contributed by atoms with E-state index >= 15 is 0 Å². The highest BCUT2D eigenvalue weighted by molar-refractivity contribution is 5.83. The normalized spacial score (nSPS) is 15.4. The molecule has 0 atom stereocenters. The van der Waals surface area contributed by atoms with Gasteiger partial charge in [-0.1, -0.05) is 24.3 Å². The first kappa shape index (κ1) is 21.3. The van der Waals surface area contributed by atoms with Crippen molar-refractivity contribution in [1.82, 2.24) is 20.5 Å². The maximum atomic E-state index is 13.6. The van der Waals surface area contributed by atoms with Crippen molar-refractivity contribution in [3.63, 3.8) is 0 Å². The number of rotatable bonds is 7. The third kappa shape index (κ3) is 5.83. The van der Waals surface area contributed by atoms with Crippen molar-refractivity contribution in [2.75, 3.05) is 39.9 Å². The molecule has 0 aliphatic carbocycles. The van der Waals surface area contributed by atoms with Crippen LogP contribution in [0.3, 0.4) is 0 Å². The van der Waals surface area contributed by atoms with E-state index < -0.39 is 0 Å². The third-order valence-corrected chi connectivity index (χ3v) is 5.60. The summed E-state index contributed by atoms with van der Waals surface area (Å²) in [5.74, 6) is 0.541. The minimum atomic E-state index is -0.213. The second-order valence-electron chi connectivity index (χ2n) is 7.81. The number of halogens is 1. The summed E-state index contributed by atoms with van der Waals surface area (Å²) < 4.78 is 19.0. The van der Waals surface area contributed by atoms with Crippen molar-refractivity contribution in [2.45, 2.75) is 19.5 Å². The summed E-state index contributed by atoms with van der Waals surface area (Å²) in [5, 5.41) is 7.66. The molecule has 1 fully saturated rings. The second-order valence-corrected chi connectivity index (χ2v) is 7.81. The molecule has 0 spiro atoms. The summed E-state index contributed by atoms with van der Waals surface area (Å²) in [5.41, 5.74) is 4.58. The van der Waals surface area contributed by atoms with E-state index in [4.69, 9.17) is 4.74 Å². The van der Waals surface area contributed by atoms with E-state index in [0.717, 1.165) is 61.7 Å². The minimum Gasteiger partial charge on any atom is -0.379 e. The third-order valence-electron chi connectivity index (χ3n) is 5.60. The zero-order valence-corrected chi connectivity index (χ0v) is 18.0. The van der Waals surface area contributed by atoms with Gasteiger partial charge in [0.05, 0.1) is 13.2 Å². The maximum absolute atomic E-state index is 13.6. The zero-order valence-electron chi connectivity index (χ0n) is 18.0. The van der Waals surface area contributed by atoms with Gasteiger partial charge in [0.2, 0.25) is 0 Å². The van der Waals surface area contributed by atoms with Crippen LogP contribution in [0.25, 0.3) is 10.9 Å². The van der Waals surface area contributed by atoms with E-state index in [9.17, 15) is 4.39 Å². The highest BCUT2D eigenvalue weighted by Gasteiger charge is 2.11. The first-order chi connectivity index (χ1) is 15.2. The summed E-state index contributed by atoms with van der Waals surface area (Å²) in [6.45, 7) is 5.97. The Bertz CT molecular complexity index is 1030. The Balaban J connectivity index is 1.26. The van der Waals surface area contributed by atoms with Crippen LogP contribution in [0.5, 0.6) is 0 Å². The van der Waals surface area contributed by atoms with Gasteiger partial charge in [0.25, 0.3) is 0 Å². The van der Waals surface area contributed by atoms with Gasteiger partial charge in [-0.3, -0.25) is 9.89 Å². The molecule has 1 aromatic heterocycles. The number of guanidine groups is 1. The Labute approximate surface area is 182 Å². The van der Waals surface area contributed by atoms with Gasteiger partial charge in [0.1, 0.15) is 5.82 Å². The van der Waals surface area contributed by atoms with Gasteiger partial charge in [0, 0.05) is 56.9 Å². The van der Waals surface area contributed by atoms with Crippen LogP contribution in [0.4, 0.5) is 4.39 Å². The number of benzene rings is 2. The van der Waals surface area contributed by atoms with Gasteiger partial charge in [-0.05, 0) is 41.3 Å². The fourth-order valence-electron chi connectivity index (χ4n) is 3.93. The lowest BCUT2D eigenvalue weighted by molar-refractivity contribution is 0.0342. The smallest absolute Gasteiger partial charge is 0.191 e. The molecule has 0 saturated carbocycles. The number of ether oxygens (including phenoxy) is 1. The molecule has 3 aromatic rings. The minimum absolute atomic E-state index is 0.213. The highest BCUT2D eigenvalue weighted by atomic mass is 19.1. The molecule has 0 unspecified atom stereocenters. The number of aromatic nitrogens is 1. The van der Waals surface area contributed by atoms with Gasteiger partial charge in [-0.25, -0.2) is 4.39 Å². The molecule has 1 saturated heterocycles. The molecule has 7 heteroatoms. The molecule has 1 aliphatic rings. The van der Waals surface area contributed by atoms with E-state index in [1.54, 1.807) is 19.2 Å². The monoisotopic (exact) mass is 423 g/mol. The van der Waals surface area contributed by atoms with Gasteiger partial charge in [0.15, 0.2) is 5.96 Å². The summed E-state index contributed by atoms with van der Waals surface area (Å²) in [6, 6.07) is 13.5. The molecule has 1 aliphatic heterocycles. The average molecular weight is 424 g/mol. The fraction of sp³-hybridized carbons (Fsp3) is 0.375. The number of morpholine rings is 1. The molecular formula is C24H30FN5O. The van der Waals surface area contributed by atoms with Crippen molar-refractivity contribution in [2.24, 2.45) is 4.99 Å². The van der Waals surface area contributed by atoms with Gasteiger partial charge < -0.3 is 20.4 Å². The van der Waals surface area contributed by atoms with Gasteiger partial charge >= 0.3 is 0 Å². The molecule has 0 amide bonds. The first-order valence-corrected chi connectivity index (χ1v) is 10.8. The lowest BCUT2D eigenvalue weighted by Crippen LogP contribution is -2.38. The number of aliphatic imine (C=N–C) groups is 1. The number of fused-ring (bicyclic) bond motifs is 1. The molecule has 164 valence electrons. The van der Waals surface area contributed by atoms with Crippen LogP contribution in [-0.2, 0) is 24.2 Å². The lowest BCUT2D eigenvalue weighted by atomic mass is 10.1. The van der Waals surface area contributed by atoms with Crippen LogP contribution in [-0.4, -0.2) is 55.7 Å². The molecule has 3 N–H and O–H groups in total. The summed E-state index contributed by atoms with van der Waals surface area (Å²) in [7, 11) is 1.77. The Hall–Kier alpha value is -2.90. The Morgan fingerprint density at radius 2 is 1.97 bits per heavy atom. The Morgan fingerprint density at radius 3 is 2.81 bits per heavy atom. The van der Waals surface area contributed by atoms with Crippen LogP contribution in [0, 0.1) is 5.82 Å². The van der Waals surface area contributed by atoms with E-state index in [-0.39, 0.29) is 5.82 Å². The molecule has 0 radical (unpaired) electrons. The van der Waals surface area contributed by atoms with Gasteiger partial charge in [-0.15, -0.1) is 0 Å². The topological polar surface area (TPSA) is 64.7 Å². The van der Waals surface area contributed by atoms with Crippen LogP contribution < -0.4 is 10.6 Å². The van der Waals surface area contributed by atoms with Crippen molar-refractivity contribution in [3.05, 3.63) is 71.2 Å². The van der Waals surface area contributed by atoms with E-state index in [0.29, 0.717) is 13.1 Å². The molecule has 0 bridgehead atoms. The van der Waals surface area contributed by atoms with Crippen molar-refractivity contribution >= 4 is 16.9 Å². The van der Waals surface area contributed by atoms with E-state index in [2.05, 4.69) is 49.8 Å². The predicted octanol–water partition coefficient (Wildman–Crippen LogP) is 3.05. The second kappa shape index (κ2) is 10.4. The molecular weight excluding hydrogens is 393 g/mol. The van der Waals surface area contributed by atoms with Crippen molar-refractivity contribution in [1.29, 1.82) is 0 Å². The maximum Gasteiger partial charge on any atom is 0.191 e. The predicted molar refractivity (Wildman–Crippen MR) is 123 cm³/mol. The van der Waals surface area contributed by atoms with Crippen LogP contribution in [0.15, 0.2) is 53.7 Å². The number of aromatic amines is 1. The average Bonchev–Trinajstić information content (AvgIpc) is 3.19. The van der Waals surface area contributed by atoms with Gasteiger partial charge in [-0.2, -0.15) is 0 Å². The standard InChI is InChI=1S/C24H30FN5O/c1-26-24(27-8-7-20-16-28-23-6-5-21(25)14-22(20)23)29-15-18-3-2-4-19(13-18)17-30-9-11-31-12-10-30/h2-6,13-14,16,28H,7-12,15,17H2,1H3,(H2,26,27,29). The highest BCUT2D eigenvalue weighted by Crippen LogP contribution is 2.19. The van der Waals surface area contributed by atoms with Crippen LogP contribution in [0.2, 0.25) is 0 Å². The number of H-pyrrole nitrogens is 1. The number of hydrogen-bond donors (Lipinski definition) is 3. The number of hydrogen-bond acceptors (Lipinski definition) is 3. The SMILES string of the molecule is CN=C(NCCc1c[nH]c2ccc(F)cc12)NCc1cccc(CN2CCOCC2)c1. The van der Waals surface area contributed by atoms with Crippen molar-refractivity contribution < 1.29 is 9.13 Å². The van der Waals surface area contributed by atoms with E-state index in [1.807, 2.05) is 6.20 Å². The summed E-state index contributed by atoms with van der Waals surface area (Å²) >= 11 is 0.